The van der Waals surface area contributed by atoms with Crippen LogP contribution in [0.15, 0.2) is 60.9 Å². The van der Waals surface area contributed by atoms with Crippen molar-refractivity contribution in [3.05, 3.63) is 82.6 Å². The van der Waals surface area contributed by atoms with Gasteiger partial charge in [-0.05, 0) is 36.8 Å². The molecule has 0 saturated carbocycles. The molecule has 28 heavy (non-hydrogen) atoms. The Morgan fingerprint density at radius 3 is 2.64 bits per heavy atom. The molecule has 1 heterocycles. The number of hydrogen-bond acceptors (Lipinski definition) is 4. The molecule has 2 aromatic carbocycles. The second kappa shape index (κ2) is 8.71. The Hall–Kier alpha value is -3.12. The fraction of sp³-hybridized carbons (Fsp3) is 0.190. The average molecular weight is 398 g/mol. The van der Waals surface area contributed by atoms with Gasteiger partial charge in [-0.1, -0.05) is 41.4 Å². The Labute approximate surface area is 168 Å². The first kappa shape index (κ1) is 19.6. The summed E-state index contributed by atoms with van der Waals surface area (Å²) in [5, 5.41) is 7.75. The number of ether oxygens (including phenoxy) is 1. The second-order valence-corrected chi connectivity index (χ2v) is 6.81. The van der Waals surface area contributed by atoms with Gasteiger partial charge >= 0.3 is 5.97 Å². The molecule has 7 heteroatoms. The number of aromatic nitrogens is 2. The zero-order valence-corrected chi connectivity index (χ0v) is 16.3. The lowest BCUT2D eigenvalue weighted by Crippen LogP contribution is -2.30. The van der Waals surface area contributed by atoms with Crippen LogP contribution in [0.3, 0.4) is 0 Å². The van der Waals surface area contributed by atoms with Crippen molar-refractivity contribution in [1.82, 2.24) is 15.1 Å². The zero-order valence-electron chi connectivity index (χ0n) is 15.6. The molecule has 0 aliphatic rings. The molecule has 0 radical (unpaired) electrons. The molecule has 0 saturated heterocycles. The van der Waals surface area contributed by atoms with Crippen LogP contribution in [0.25, 0.3) is 5.69 Å². The summed E-state index contributed by atoms with van der Waals surface area (Å²) in [6, 6.07) is 14.3. The lowest BCUT2D eigenvalue weighted by Gasteiger charge is -2.18. The molecule has 6 nitrogen and oxygen atoms in total. The van der Waals surface area contributed by atoms with Crippen LogP contribution in [-0.4, -0.2) is 28.8 Å². The zero-order chi connectivity index (χ0) is 20.1. The van der Waals surface area contributed by atoms with Crippen LogP contribution in [0.5, 0.6) is 0 Å². The van der Waals surface area contributed by atoms with Crippen LogP contribution < -0.4 is 5.32 Å². The topological polar surface area (TPSA) is 73.2 Å². The Kier molecular flexibility index (Phi) is 6.11. The number of carbonyl (C=O) groups is 2. The quantitative estimate of drug-likeness (QED) is 0.641. The number of amides is 1. The van der Waals surface area contributed by atoms with Crippen LogP contribution in [-0.2, 0) is 9.53 Å². The van der Waals surface area contributed by atoms with Gasteiger partial charge in [0.25, 0.3) is 5.91 Å². The van der Waals surface area contributed by atoms with Crippen LogP contribution in [0, 0.1) is 6.92 Å². The Morgan fingerprint density at radius 1 is 1.21 bits per heavy atom. The largest absolute Gasteiger partial charge is 0.469 e. The standard InChI is InChI=1S/C21H20ClN3O3/c1-14-4-3-5-15(10-14)19(11-20(26)28-2)24-21(27)16-12-23-25(13-16)18-8-6-17(22)7-9-18/h3-10,12-13,19H,11H2,1-2H3,(H,24,27). The van der Waals surface area contributed by atoms with E-state index < -0.39 is 12.0 Å². The highest BCUT2D eigenvalue weighted by Gasteiger charge is 2.21. The lowest BCUT2D eigenvalue weighted by molar-refractivity contribution is -0.141. The molecule has 0 aliphatic heterocycles. The maximum absolute atomic E-state index is 12.7. The highest BCUT2D eigenvalue weighted by molar-refractivity contribution is 6.30. The summed E-state index contributed by atoms with van der Waals surface area (Å²) in [6.45, 7) is 1.96. The second-order valence-electron chi connectivity index (χ2n) is 6.37. The van der Waals surface area contributed by atoms with E-state index in [-0.39, 0.29) is 12.3 Å². The minimum absolute atomic E-state index is 0.0387. The number of rotatable bonds is 6. The van der Waals surface area contributed by atoms with Crippen molar-refractivity contribution in [3.8, 4) is 5.69 Å². The molecule has 1 aromatic heterocycles. The van der Waals surface area contributed by atoms with Crippen molar-refractivity contribution in [2.45, 2.75) is 19.4 Å². The van der Waals surface area contributed by atoms with E-state index in [0.717, 1.165) is 16.8 Å². The van der Waals surface area contributed by atoms with Crippen molar-refractivity contribution >= 4 is 23.5 Å². The summed E-state index contributed by atoms with van der Waals surface area (Å²) < 4.78 is 6.36. The number of benzene rings is 2. The molecular formula is C21H20ClN3O3. The Morgan fingerprint density at radius 2 is 1.96 bits per heavy atom. The normalized spacial score (nSPS) is 11.7. The van der Waals surface area contributed by atoms with E-state index in [1.54, 1.807) is 23.0 Å². The summed E-state index contributed by atoms with van der Waals surface area (Å²) in [5.41, 5.74) is 3.05. The average Bonchev–Trinajstić information content (AvgIpc) is 3.18. The van der Waals surface area contributed by atoms with Gasteiger partial charge in [0.15, 0.2) is 0 Å². The van der Waals surface area contributed by atoms with Crippen molar-refractivity contribution in [3.63, 3.8) is 0 Å². The number of nitrogens with one attached hydrogen (secondary N) is 1. The highest BCUT2D eigenvalue weighted by atomic mass is 35.5. The van der Waals surface area contributed by atoms with Crippen molar-refractivity contribution in [1.29, 1.82) is 0 Å². The van der Waals surface area contributed by atoms with Crippen LogP contribution >= 0.6 is 11.6 Å². The summed E-state index contributed by atoms with van der Waals surface area (Å²) in [4.78, 5) is 24.6. The molecule has 0 bridgehead atoms. The van der Waals surface area contributed by atoms with Gasteiger partial charge in [0.1, 0.15) is 0 Å². The SMILES string of the molecule is COC(=O)CC(NC(=O)c1cnn(-c2ccc(Cl)cc2)c1)c1cccc(C)c1. The van der Waals surface area contributed by atoms with Gasteiger partial charge in [0.05, 0.1) is 37.0 Å². The molecule has 3 rings (SSSR count). The molecule has 1 unspecified atom stereocenters. The number of methoxy groups -OCH3 is 1. The van der Waals surface area contributed by atoms with Gasteiger partial charge in [-0.2, -0.15) is 5.10 Å². The summed E-state index contributed by atoms with van der Waals surface area (Å²) in [7, 11) is 1.33. The van der Waals surface area contributed by atoms with Gasteiger partial charge in [-0.3, -0.25) is 9.59 Å². The summed E-state index contributed by atoms with van der Waals surface area (Å²) in [5.74, 6) is -0.723. The van der Waals surface area contributed by atoms with E-state index >= 15 is 0 Å². The van der Waals surface area contributed by atoms with Crippen molar-refractivity contribution in [2.75, 3.05) is 7.11 Å². The third-order valence-corrected chi connectivity index (χ3v) is 4.54. The molecular weight excluding hydrogens is 378 g/mol. The first-order valence-electron chi connectivity index (χ1n) is 8.71. The van der Waals surface area contributed by atoms with Crippen molar-refractivity contribution in [2.24, 2.45) is 0 Å². The predicted octanol–water partition coefficient (Wildman–Crippen LogP) is 3.87. The van der Waals surface area contributed by atoms with E-state index in [4.69, 9.17) is 16.3 Å². The smallest absolute Gasteiger partial charge is 0.307 e. The molecule has 3 aromatic rings. The first-order valence-corrected chi connectivity index (χ1v) is 9.09. The molecule has 1 atom stereocenters. The third kappa shape index (κ3) is 4.78. The molecule has 0 spiro atoms. The molecule has 1 N–H and O–H groups in total. The Bertz CT molecular complexity index is 983. The van der Waals surface area contributed by atoms with Crippen LogP contribution in [0.2, 0.25) is 5.02 Å². The first-order chi connectivity index (χ1) is 13.5. The molecule has 0 aliphatic carbocycles. The highest BCUT2D eigenvalue weighted by Crippen LogP contribution is 2.20. The number of nitrogens with zero attached hydrogens (tertiary/aromatic N) is 2. The fourth-order valence-corrected chi connectivity index (χ4v) is 2.93. The molecule has 1 amide bonds. The maximum atomic E-state index is 12.7. The van der Waals surface area contributed by atoms with Crippen LogP contribution in [0.4, 0.5) is 0 Å². The number of halogens is 1. The van der Waals surface area contributed by atoms with Gasteiger partial charge in [-0.25, -0.2) is 4.68 Å². The maximum Gasteiger partial charge on any atom is 0.307 e. The predicted molar refractivity (Wildman–Crippen MR) is 107 cm³/mol. The third-order valence-electron chi connectivity index (χ3n) is 4.28. The van der Waals surface area contributed by atoms with E-state index in [0.29, 0.717) is 10.6 Å². The minimum atomic E-state index is -0.501. The van der Waals surface area contributed by atoms with E-state index in [1.807, 2.05) is 43.3 Å². The van der Waals surface area contributed by atoms with Gasteiger partial charge < -0.3 is 10.1 Å². The molecule has 0 fully saturated rings. The number of aryl methyl sites for hydroxylation is 1. The minimum Gasteiger partial charge on any atom is -0.469 e. The van der Waals surface area contributed by atoms with E-state index in [1.165, 1.54) is 13.3 Å². The van der Waals surface area contributed by atoms with Gasteiger partial charge in [0, 0.05) is 11.2 Å². The van der Waals surface area contributed by atoms with E-state index in [9.17, 15) is 9.59 Å². The Balaban J connectivity index is 1.80. The summed E-state index contributed by atoms with van der Waals surface area (Å²) >= 11 is 5.90. The van der Waals surface area contributed by atoms with E-state index in [2.05, 4.69) is 10.4 Å². The van der Waals surface area contributed by atoms with Crippen LogP contribution in [0.1, 0.15) is 33.9 Å². The lowest BCUT2D eigenvalue weighted by atomic mass is 10.0. The fourth-order valence-electron chi connectivity index (χ4n) is 2.81. The number of esters is 1. The van der Waals surface area contributed by atoms with Gasteiger partial charge in [0.2, 0.25) is 0 Å². The summed E-state index contributed by atoms with van der Waals surface area (Å²) in [6.07, 6.45) is 3.15. The van der Waals surface area contributed by atoms with Gasteiger partial charge in [-0.15, -0.1) is 0 Å². The van der Waals surface area contributed by atoms with Crippen molar-refractivity contribution < 1.29 is 14.3 Å². The number of carbonyl (C=O) groups excluding carboxylic acids is 2. The molecule has 144 valence electrons. The number of hydrogen-bond donors (Lipinski definition) is 1. The monoisotopic (exact) mass is 397 g/mol.